The second-order valence-corrected chi connectivity index (χ2v) is 20.1. The summed E-state index contributed by atoms with van der Waals surface area (Å²) in [6.07, 6.45) is 13.6. The summed E-state index contributed by atoms with van der Waals surface area (Å²) in [6.45, 7) is 0. The molecule has 8 heterocycles. The zero-order chi connectivity index (χ0) is 61.4. The summed E-state index contributed by atoms with van der Waals surface area (Å²) < 4.78 is 40.3. The van der Waals surface area contributed by atoms with Gasteiger partial charge in [0.05, 0.1) is 0 Å². The number of benzene rings is 8. The van der Waals surface area contributed by atoms with E-state index in [2.05, 4.69) is 88.4 Å². The van der Waals surface area contributed by atoms with Gasteiger partial charge in [0.25, 0.3) is 0 Å². The minimum Gasteiger partial charge on any atom is -0.509 e. The van der Waals surface area contributed by atoms with Crippen molar-refractivity contribution in [3.05, 3.63) is 304 Å². The van der Waals surface area contributed by atoms with Crippen molar-refractivity contribution in [1.29, 1.82) is 0 Å². The van der Waals surface area contributed by atoms with Crippen LogP contribution in [0.2, 0.25) is 0 Å². The van der Waals surface area contributed by atoms with Gasteiger partial charge in [0, 0.05) is 119 Å². The summed E-state index contributed by atoms with van der Waals surface area (Å²) in [5, 5.41) is 3.72. The van der Waals surface area contributed by atoms with E-state index in [-0.39, 0.29) is 84.3 Å². The molecule has 0 saturated carbocycles. The predicted molar refractivity (Wildman–Crippen MR) is 345 cm³/mol. The van der Waals surface area contributed by atoms with Crippen molar-refractivity contribution in [2.45, 2.75) is 0 Å². The first-order valence-corrected chi connectivity index (χ1v) is 28.8. The van der Waals surface area contributed by atoms with Gasteiger partial charge in [-0.15, -0.1) is 120 Å². The molecule has 0 spiro atoms. The largest absolute Gasteiger partial charge is 2.00 e. The number of aromatic nitrogens is 10. The topological polar surface area (TPSA) is 168 Å². The van der Waals surface area contributed by atoms with Gasteiger partial charge in [-0.1, -0.05) is 82.7 Å². The normalized spacial score (nSPS) is 10.6. The Morgan fingerprint density at radius 2 is 0.500 bits per heavy atom. The molecule has 0 radical (unpaired) electrons. The molecule has 0 unspecified atom stereocenters. The third-order valence-corrected chi connectivity index (χ3v) is 14.1. The number of fused-ring (bicyclic) bond motifs is 6. The molecule has 16 aromatic rings. The van der Waals surface area contributed by atoms with E-state index in [9.17, 15) is 0 Å². The molecule has 8 aromatic carbocycles. The van der Waals surface area contributed by atoms with Crippen LogP contribution in [0.15, 0.2) is 256 Å². The summed E-state index contributed by atoms with van der Waals surface area (Å²) in [6, 6.07) is 90.3. The summed E-state index contributed by atoms with van der Waals surface area (Å²) in [4.78, 5) is 35.4. The van der Waals surface area contributed by atoms with Crippen LogP contribution in [0.25, 0.3) is 78.0 Å². The molecule has 0 fully saturated rings. The minimum absolute atomic E-state index is 0. The zero-order valence-corrected chi connectivity index (χ0v) is 58.5. The Kier molecular flexibility index (Phi) is 21.9. The maximum absolute atomic E-state index is 6.25. The van der Waals surface area contributed by atoms with Crippen LogP contribution in [0.1, 0.15) is 0 Å². The number of ether oxygens (including phenoxy) is 6. The molecular formula is C76H42N10O6Pt4. The third-order valence-electron chi connectivity index (χ3n) is 14.1. The molecule has 0 aliphatic carbocycles. The van der Waals surface area contributed by atoms with E-state index in [1.54, 1.807) is 98.1 Å². The van der Waals surface area contributed by atoms with E-state index < -0.39 is 0 Å². The Morgan fingerprint density at radius 1 is 0.219 bits per heavy atom. The molecule has 16 rings (SSSR count). The van der Waals surface area contributed by atoms with E-state index in [0.29, 0.717) is 92.2 Å². The Balaban J connectivity index is 0.000000187. The van der Waals surface area contributed by atoms with Gasteiger partial charge >= 0.3 is 84.3 Å². The maximum Gasteiger partial charge on any atom is 2.00 e. The van der Waals surface area contributed by atoms with Crippen molar-refractivity contribution in [3.63, 3.8) is 0 Å². The Hall–Kier alpha value is -10.3. The molecule has 0 saturated heterocycles. The quantitative estimate of drug-likeness (QED) is 0.0838. The first kappa shape index (κ1) is 67.1. The molecule has 0 atom stereocenters. The second kappa shape index (κ2) is 31.3. The third kappa shape index (κ3) is 15.2. The van der Waals surface area contributed by atoms with Gasteiger partial charge in [0.2, 0.25) is 23.7 Å². The van der Waals surface area contributed by atoms with Gasteiger partial charge in [0.15, 0.2) is 0 Å². The molecule has 8 aromatic heterocycles. The van der Waals surface area contributed by atoms with Crippen LogP contribution in [0, 0.1) is 48.5 Å². The summed E-state index contributed by atoms with van der Waals surface area (Å²) >= 11 is 0. The zero-order valence-electron chi connectivity index (χ0n) is 49.4. The number of rotatable bonds is 16. The number of pyridine rings is 4. The van der Waals surface area contributed by atoms with Crippen LogP contribution >= 0.6 is 0 Å². The predicted octanol–water partition coefficient (Wildman–Crippen LogP) is 17.2. The standard InChI is InChI=1S/C38H21N5O4.C38H21N5O2.4Pt/c1-3-18-39-36(12-1)46-28-10-5-8-26(22-28)44-30-14-16-32-33-17-15-31(25-35(33)43(34(32)24-30)38-41-20-7-21-42-38)45-27-9-6-11-29(23-27)47-37-13-2-4-19-40-37;1-3-18-39-34(12-1)26-8-5-10-28(22-26)44-30-14-16-32-33-17-15-31(25-37(33)43(36(32)24-30)38-41-20-7-21-42-38)45-29-11-6-9-27(23-29)35-13-2-4-19-40-35;;;;/h1-21H;1-21H;;;;/q2*-4;4*+2. The number of hydrogen-bond acceptors (Lipinski definition) is 14. The molecule has 96 heavy (non-hydrogen) atoms. The van der Waals surface area contributed by atoms with Crippen LogP contribution in [-0.4, -0.2) is 49.0 Å². The number of hydrogen-bond donors (Lipinski definition) is 0. The van der Waals surface area contributed by atoms with Crippen molar-refractivity contribution in [2.24, 2.45) is 0 Å². The fraction of sp³-hybridized carbons (Fsp3) is 0. The van der Waals surface area contributed by atoms with E-state index in [1.165, 1.54) is 0 Å². The van der Waals surface area contributed by atoms with E-state index in [4.69, 9.17) is 28.4 Å². The average Bonchev–Trinajstić information content (AvgIpc) is 1.60. The Labute approximate surface area is 608 Å². The second-order valence-electron chi connectivity index (χ2n) is 20.1. The van der Waals surface area contributed by atoms with Crippen LogP contribution in [0.3, 0.4) is 0 Å². The Bertz CT molecular complexity index is 4980. The van der Waals surface area contributed by atoms with Gasteiger partial charge in [-0.25, -0.2) is 29.9 Å². The maximum atomic E-state index is 6.25. The van der Waals surface area contributed by atoms with Crippen LogP contribution < -0.4 is 28.4 Å². The number of nitrogens with zero attached hydrogens (tertiary/aromatic N) is 10. The smallest absolute Gasteiger partial charge is 0.509 e. The van der Waals surface area contributed by atoms with E-state index >= 15 is 0 Å². The first-order chi connectivity index (χ1) is 45.5. The molecule has 472 valence electrons. The summed E-state index contributed by atoms with van der Waals surface area (Å²) in [5.74, 6) is 6.81. The molecule has 0 N–H and O–H groups in total. The molecule has 16 nitrogen and oxygen atoms in total. The minimum atomic E-state index is 0. The SMILES string of the molecule is [Pt+2].[Pt+2].[Pt+2].[Pt+2].[c-]1c(Oc2[c-]c3c(cc2)c2ccc(Oc4[c-]c(-c5ccccn5)ccc4)[c-]c2n3-c2ncccn2)cccc1-c1ccccn1.[c-]1c(Oc2[c-]c3c(cc2)c2ccc(Oc4[c-]c(Oc5ccccn5)ccc4)[c-]c2n3-c2ncccn2)cccc1Oc1ccccn1. The van der Waals surface area contributed by atoms with Crippen LogP contribution in [0.4, 0.5) is 0 Å². The molecule has 0 amide bonds. The molecule has 0 aliphatic heterocycles. The van der Waals surface area contributed by atoms with E-state index in [1.807, 2.05) is 167 Å². The first-order valence-electron chi connectivity index (χ1n) is 28.8. The molecule has 0 aliphatic rings. The summed E-state index contributed by atoms with van der Waals surface area (Å²) in [7, 11) is 0. The fourth-order valence-electron chi connectivity index (χ4n) is 10.1. The molecule has 0 bridgehead atoms. The van der Waals surface area contributed by atoms with Crippen LogP contribution in [0.5, 0.6) is 69.3 Å². The van der Waals surface area contributed by atoms with Crippen molar-refractivity contribution in [3.8, 4) is 104 Å². The summed E-state index contributed by atoms with van der Waals surface area (Å²) in [5.41, 5.74) is 6.21. The van der Waals surface area contributed by atoms with Crippen LogP contribution in [-0.2, 0) is 84.3 Å². The fourth-order valence-corrected chi connectivity index (χ4v) is 10.1. The van der Waals surface area contributed by atoms with Gasteiger partial charge in [-0.3, -0.25) is 0 Å². The molecular weight excluding hydrogens is 1930 g/mol. The van der Waals surface area contributed by atoms with Crippen molar-refractivity contribution >= 4 is 43.6 Å². The monoisotopic (exact) mass is 1970 g/mol. The van der Waals surface area contributed by atoms with Crippen molar-refractivity contribution in [2.75, 3.05) is 0 Å². The Morgan fingerprint density at radius 3 is 0.812 bits per heavy atom. The average molecular weight is 1970 g/mol. The van der Waals surface area contributed by atoms with E-state index in [0.717, 1.165) is 55.1 Å². The van der Waals surface area contributed by atoms with Gasteiger partial charge < -0.3 is 47.5 Å². The van der Waals surface area contributed by atoms with Crippen molar-refractivity contribution in [1.82, 2.24) is 49.0 Å². The van der Waals surface area contributed by atoms with Gasteiger partial charge in [0.1, 0.15) is 0 Å². The molecule has 20 heteroatoms. The van der Waals surface area contributed by atoms with Gasteiger partial charge in [-0.05, 0) is 47.8 Å². The van der Waals surface area contributed by atoms with Crippen molar-refractivity contribution < 1.29 is 113 Å². The van der Waals surface area contributed by atoms with Gasteiger partial charge in [-0.2, -0.15) is 57.9 Å².